The fourth-order valence-electron chi connectivity index (χ4n) is 2.72. The van der Waals surface area contributed by atoms with E-state index in [1.165, 1.54) is 0 Å². The van der Waals surface area contributed by atoms with Gasteiger partial charge in [0, 0.05) is 43.5 Å². The molecule has 1 aromatic heterocycles. The quantitative estimate of drug-likeness (QED) is 0.865. The Balaban J connectivity index is 1.99. The summed E-state index contributed by atoms with van der Waals surface area (Å²) in [5, 5.41) is 0.986. The minimum absolute atomic E-state index is 0.680. The van der Waals surface area contributed by atoms with E-state index in [0.717, 1.165) is 48.8 Å². The van der Waals surface area contributed by atoms with Crippen molar-refractivity contribution in [1.29, 1.82) is 0 Å². The number of ether oxygens (including phenoxy) is 2. The van der Waals surface area contributed by atoms with Crippen LogP contribution in [0, 0.1) is 0 Å². The van der Waals surface area contributed by atoms with Crippen LogP contribution in [0.15, 0.2) is 18.5 Å². The number of methoxy groups -OCH3 is 2. The number of rotatable bonds is 4. The fourth-order valence-corrected chi connectivity index (χ4v) is 3.01. The smallest absolute Gasteiger partial charge is 0.162 e. The first kappa shape index (κ1) is 15.2. The first-order valence-corrected chi connectivity index (χ1v) is 7.85. The van der Waals surface area contributed by atoms with Gasteiger partial charge in [0.2, 0.25) is 0 Å². The SMILES string of the molecule is COc1cc2ncnc(N3CCN(CS)CC3)c2cc1OC. The summed E-state index contributed by atoms with van der Waals surface area (Å²) in [5.74, 6) is 3.12. The van der Waals surface area contributed by atoms with Crippen molar-refractivity contribution in [2.24, 2.45) is 0 Å². The lowest BCUT2D eigenvalue weighted by atomic mass is 10.2. The van der Waals surface area contributed by atoms with Crippen LogP contribution in [0.5, 0.6) is 11.5 Å². The van der Waals surface area contributed by atoms with Crippen molar-refractivity contribution in [2.75, 3.05) is 51.2 Å². The predicted octanol–water partition coefficient (Wildman–Crippen LogP) is 1.66. The van der Waals surface area contributed by atoms with Crippen LogP contribution >= 0.6 is 12.6 Å². The minimum Gasteiger partial charge on any atom is -0.493 e. The Bertz CT molecular complexity index is 659. The van der Waals surface area contributed by atoms with E-state index in [9.17, 15) is 0 Å². The average molecular weight is 320 g/mol. The second-order valence-corrected chi connectivity index (χ2v) is 5.45. The van der Waals surface area contributed by atoms with Gasteiger partial charge in [0.1, 0.15) is 12.1 Å². The highest BCUT2D eigenvalue weighted by atomic mass is 32.1. The molecule has 0 aliphatic carbocycles. The molecule has 22 heavy (non-hydrogen) atoms. The molecular weight excluding hydrogens is 300 g/mol. The molecule has 0 spiro atoms. The molecule has 1 aliphatic heterocycles. The molecule has 1 fully saturated rings. The number of aromatic nitrogens is 2. The van der Waals surface area contributed by atoms with E-state index in [4.69, 9.17) is 9.47 Å². The van der Waals surface area contributed by atoms with E-state index in [-0.39, 0.29) is 0 Å². The van der Waals surface area contributed by atoms with E-state index in [2.05, 4.69) is 32.4 Å². The van der Waals surface area contributed by atoms with Crippen molar-refractivity contribution in [3.8, 4) is 11.5 Å². The molecule has 0 radical (unpaired) electrons. The zero-order valence-electron chi connectivity index (χ0n) is 12.8. The number of benzene rings is 1. The molecule has 1 saturated heterocycles. The van der Waals surface area contributed by atoms with Crippen LogP contribution < -0.4 is 14.4 Å². The maximum absolute atomic E-state index is 5.40. The standard InChI is InChI=1S/C15H20N4O2S/c1-20-13-7-11-12(8-14(13)21-2)16-9-17-15(11)19-5-3-18(10-22)4-6-19/h7-9,22H,3-6,10H2,1-2H3. The van der Waals surface area contributed by atoms with Gasteiger partial charge in [-0.05, 0) is 6.07 Å². The van der Waals surface area contributed by atoms with Gasteiger partial charge in [0.25, 0.3) is 0 Å². The highest BCUT2D eigenvalue weighted by Gasteiger charge is 2.20. The third kappa shape index (κ3) is 2.78. The van der Waals surface area contributed by atoms with Gasteiger partial charge in [-0.25, -0.2) is 9.97 Å². The molecule has 0 N–H and O–H groups in total. The molecule has 3 rings (SSSR count). The third-order valence-electron chi connectivity index (χ3n) is 3.99. The zero-order valence-corrected chi connectivity index (χ0v) is 13.7. The van der Waals surface area contributed by atoms with E-state index < -0.39 is 0 Å². The summed E-state index contributed by atoms with van der Waals surface area (Å²) in [5.41, 5.74) is 0.860. The van der Waals surface area contributed by atoms with Gasteiger partial charge >= 0.3 is 0 Å². The van der Waals surface area contributed by atoms with E-state index in [0.29, 0.717) is 11.5 Å². The van der Waals surface area contributed by atoms with Crippen LogP contribution in [0.4, 0.5) is 5.82 Å². The molecule has 118 valence electrons. The molecule has 1 aliphatic rings. The average Bonchev–Trinajstić information content (AvgIpc) is 2.60. The number of piperazine rings is 1. The fraction of sp³-hybridized carbons (Fsp3) is 0.467. The molecular formula is C15H20N4O2S. The topological polar surface area (TPSA) is 50.7 Å². The van der Waals surface area contributed by atoms with Crippen LogP contribution in [0.25, 0.3) is 10.9 Å². The van der Waals surface area contributed by atoms with Crippen molar-refractivity contribution in [1.82, 2.24) is 14.9 Å². The van der Waals surface area contributed by atoms with Gasteiger partial charge in [-0.1, -0.05) is 0 Å². The highest BCUT2D eigenvalue weighted by Crippen LogP contribution is 2.34. The number of hydrogen-bond acceptors (Lipinski definition) is 7. The maximum Gasteiger partial charge on any atom is 0.162 e. The Kier molecular flexibility index (Phi) is 4.54. The van der Waals surface area contributed by atoms with Crippen molar-refractivity contribution in [3.05, 3.63) is 18.5 Å². The molecule has 0 atom stereocenters. The van der Waals surface area contributed by atoms with Crippen LogP contribution in [0.1, 0.15) is 0 Å². The summed E-state index contributed by atoms with van der Waals surface area (Å²) in [4.78, 5) is 13.4. The summed E-state index contributed by atoms with van der Waals surface area (Å²) >= 11 is 4.34. The highest BCUT2D eigenvalue weighted by molar-refractivity contribution is 7.80. The Hall–Kier alpha value is -1.73. The van der Waals surface area contributed by atoms with Crippen LogP contribution in [0.3, 0.4) is 0 Å². The molecule has 7 heteroatoms. The first-order valence-electron chi connectivity index (χ1n) is 7.21. The Morgan fingerprint density at radius 2 is 1.73 bits per heavy atom. The first-order chi connectivity index (χ1) is 10.8. The second-order valence-electron chi connectivity index (χ2n) is 5.17. The van der Waals surface area contributed by atoms with E-state index in [1.54, 1.807) is 20.5 Å². The summed E-state index contributed by atoms with van der Waals surface area (Å²) in [7, 11) is 3.26. The summed E-state index contributed by atoms with van der Waals surface area (Å²) < 4.78 is 10.7. The van der Waals surface area contributed by atoms with Crippen LogP contribution in [-0.4, -0.2) is 61.1 Å². The molecule has 0 amide bonds. The Labute approximate surface area is 135 Å². The molecule has 1 aromatic carbocycles. The van der Waals surface area contributed by atoms with Gasteiger partial charge in [-0.3, -0.25) is 4.90 Å². The number of hydrogen-bond donors (Lipinski definition) is 1. The number of fused-ring (bicyclic) bond motifs is 1. The summed E-state index contributed by atoms with van der Waals surface area (Å²) in [6.07, 6.45) is 1.61. The minimum atomic E-state index is 0.680. The van der Waals surface area contributed by atoms with Crippen molar-refractivity contribution < 1.29 is 9.47 Å². The van der Waals surface area contributed by atoms with Gasteiger partial charge in [0.05, 0.1) is 19.7 Å². The lowest BCUT2D eigenvalue weighted by Crippen LogP contribution is -2.46. The lowest BCUT2D eigenvalue weighted by Gasteiger charge is -2.34. The number of nitrogens with zero attached hydrogens (tertiary/aromatic N) is 4. The molecule has 0 bridgehead atoms. The van der Waals surface area contributed by atoms with Gasteiger partial charge in [-0.2, -0.15) is 12.6 Å². The zero-order chi connectivity index (χ0) is 15.5. The van der Waals surface area contributed by atoms with E-state index >= 15 is 0 Å². The molecule has 0 saturated carbocycles. The normalized spacial score (nSPS) is 16.0. The summed E-state index contributed by atoms with van der Waals surface area (Å²) in [6, 6.07) is 3.85. The van der Waals surface area contributed by atoms with Crippen LogP contribution in [-0.2, 0) is 0 Å². The third-order valence-corrected chi connectivity index (χ3v) is 4.39. The van der Waals surface area contributed by atoms with Crippen molar-refractivity contribution in [2.45, 2.75) is 0 Å². The molecule has 0 unspecified atom stereocenters. The lowest BCUT2D eigenvalue weighted by molar-refractivity contribution is 0.301. The monoisotopic (exact) mass is 320 g/mol. The molecule has 6 nitrogen and oxygen atoms in total. The predicted molar refractivity (Wildman–Crippen MR) is 90.3 cm³/mol. The molecule has 2 heterocycles. The van der Waals surface area contributed by atoms with E-state index in [1.807, 2.05) is 12.1 Å². The number of anilines is 1. The second kappa shape index (κ2) is 6.58. The largest absolute Gasteiger partial charge is 0.493 e. The molecule has 2 aromatic rings. The Morgan fingerprint density at radius 1 is 1.05 bits per heavy atom. The van der Waals surface area contributed by atoms with Crippen LogP contribution in [0.2, 0.25) is 0 Å². The van der Waals surface area contributed by atoms with Gasteiger partial charge in [-0.15, -0.1) is 0 Å². The van der Waals surface area contributed by atoms with Crippen molar-refractivity contribution >= 4 is 29.3 Å². The van der Waals surface area contributed by atoms with Gasteiger partial charge in [0.15, 0.2) is 11.5 Å². The van der Waals surface area contributed by atoms with Gasteiger partial charge < -0.3 is 14.4 Å². The summed E-state index contributed by atoms with van der Waals surface area (Å²) in [6.45, 7) is 3.84. The Morgan fingerprint density at radius 3 is 2.36 bits per heavy atom. The van der Waals surface area contributed by atoms with Crippen molar-refractivity contribution in [3.63, 3.8) is 0 Å². The maximum atomic E-state index is 5.40. The number of thiol groups is 1.